The van der Waals surface area contributed by atoms with Crippen molar-refractivity contribution < 1.29 is 23.0 Å². The first-order valence-corrected chi connectivity index (χ1v) is 7.38. The van der Waals surface area contributed by atoms with Gasteiger partial charge >= 0.3 is 6.18 Å². The van der Waals surface area contributed by atoms with Gasteiger partial charge in [0, 0.05) is 12.1 Å². The normalized spacial score (nSPS) is 31.7. The molecule has 0 spiro atoms. The van der Waals surface area contributed by atoms with Crippen LogP contribution in [0.3, 0.4) is 0 Å². The maximum atomic E-state index is 13.0. The molecule has 124 valence electrons. The molecule has 2 aliphatic rings. The van der Waals surface area contributed by atoms with E-state index in [0.717, 1.165) is 12.1 Å². The number of nitriles is 1. The molecule has 3 rings (SSSR count). The van der Waals surface area contributed by atoms with Crippen LogP contribution in [-0.2, 0) is 16.5 Å². The molecule has 1 aromatic rings. The average molecular weight is 326 g/mol. The Morgan fingerprint density at radius 3 is 2.39 bits per heavy atom. The maximum absolute atomic E-state index is 13.0. The Labute approximate surface area is 132 Å². The van der Waals surface area contributed by atoms with Crippen LogP contribution in [0.5, 0.6) is 0 Å². The lowest BCUT2D eigenvalue weighted by molar-refractivity contribution is -0.141. The minimum atomic E-state index is -4.55. The number of hydrogen-bond donors (Lipinski definition) is 1. The molecule has 7 heteroatoms. The summed E-state index contributed by atoms with van der Waals surface area (Å²) in [6, 6.07) is 4.78. The molecular formula is C16H17F3N2O2. The molecule has 1 N–H and O–H groups in total. The summed E-state index contributed by atoms with van der Waals surface area (Å²) in [6.07, 6.45) is -3.99. The molecule has 1 aromatic carbocycles. The molecule has 0 aromatic heterocycles. The summed E-state index contributed by atoms with van der Waals surface area (Å²) >= 11 is 0. The van der Waals surface area contributed by atoms with Gasteiger partial charge in [0.15, 0.2) is 0 Å². The van der Waals surface area contributed by atoms with Crippen LogP contribution < -0.4 is 0 Å². The van der Waals surface area contributed by atoms with E-state index >= 15 is 0 Å². The second-order valence-electron chi connectivity index (χ2n) is 6.36. The van der Waals surface area contributed by atoms with Crippen molar-refractivity contribution >= 4 is 0 Å². The van der Waals surface area contributed by atoms with Gasteiger partial charge in [-0.05, 0) is 43.7 Å². The van der Waals surface area contributed by atoms with E-state index in [1.807, 2.05) is 7.05 Å². The number of halogens is 3. The molecule has 2 bridgehead atoms. The quantitative estimate of drug-likeness (QED) is 0.860. The molecule has 0 radical (unpaired) electrons. The first-order chi connectivity index (χ1) is 10.7. The minimum Gasteiger partial charge on any atom is -0.385 e. The second-order valence-corrected chi connectivity index (χ2v) is 6.36. The Hall–Kier alpha value is -1.62. The van der Waals surface area contributed by atoms with E-state index in [4.69, 9.17) is 10.00 Å². The summed E-state index contributed by atoms with van der Waals surface area (Å²) in [4.78, 5) is 2.11. The van der Waals surface area contributed by atoms with E-state index in [-0.39, 0.29) is 36.1 Å². The van der Waals surface area contributed by atoms with Gasteiger partial charge in [0.2, 0.25) is 0 Å². The molecule has 2 heterocycles. The number of rotatable bonds is 1. The first kappa shape index (κ1) is 16.2. The van der Waals surface area contributed by atoms with E-state index in [1.54, 1.807) is 6.07 Å². The van der Waals surface area contributed by atoms with Crippen LogP contribution in [0.4, 0.5) is 13.2 Å². The molecule has 0 aliphatic carbocycles. The van der Waals surface area contributed by atoms with Crippen LogP contribution in [0.2, 0.25) is 0 Å². The Bertz CT molecular complexity index is 640. The van der Waals surface area contributed by atoms with Gasteiger partial charge < -0.3 is 9.84 Å². The van der Waals surface area contributed by atoms with Gasteiger partial charge in [-0.3, -0.25) is 4.90 Å². The number of morpholine rings is 1. The number of likely N-dealkylation sites (N-methyl/N-ethyl adjacent to an activating group) is 1. The highest BCUT2D eigenvalue weighted by atomic mass is 19.4. The first-order valence-electron chi connectivity index (χ1n) is 7.38. The largest absolute Gasteiger partial charge is 0.416 e. The molecule has 2 aliphatic heterocycles. The van der Waals surface area contributed by atoms with Crippen molar-refractivity contribution in [3.63, 3.8) is 0 Å². The molecule has 2 unspecified atom stereocenters. The van der Waals surface area contributed by atoms with Gasteiger partial charge in [-0.2, -0.15) is 18.4 Å². The number of benzene rings is 1. The van der Waals surface area contributed by atoms with Crippen molar-refractivity contribution in [1.29, 1.82) is 5.26 Å². The van der Waals surface area contributed by atoms with Crippen LogP contribution in [0.25, 0.3) is 0 Å². The molecule has 2 fully saturated rings. The Balaban J connectivity index is 2.02. The second kappa shape index (κ2) is 5.48. The monoisotopic (exact) mass is 326 g/mol. The number of aliphatic hydroxyl groups is 1. The molecule has 0 saturated carbocycles. The summed E-state index contributed by atoms with van der Waals surface area (Å²) in [5.41, 5.74) is -2.21. The van der Waals surface area contributed by atoms with Crippen molar-refractivity contribution in [3.8, 4) is 6.07 Å². The average Bonchev–Trinajstić information content (AvgIpc) is 2.47. The smallest absolute Gasteiger partial charge is 0.385 e. The van der Waals surface area contributed by atoms with E-state index in [0.29, 0.717) is 13.2 Å². The van der Waals surface area contributed by atoms with Crippen molar-refractivity contribution in [1.82, 2.24) is 4.90 Å². The topological polar surface area (TPSA) is 56.5 Å². The Kier molecular flexibility index (Phi) is 3.87. The van der Waals surface area contributed by atoms with E-state index in [2.05, 4.69) is 4.90 Å². The van der Waals surface area contributed by atoms with Gasteiger partial charge in [0.05, 0.1) is 36.0 Å². The van der Waals surface area contributed by atoms with Crippen molar-refractivity contribution in [2.45, 2.75) is 36.7 Å². The molecular weight excluding hydrogens is 309 g/mol. The van der Waals surface area contributed by atoms with Crippen LogP contribution in [0.15, 0.2) is 18.2 Å². The molecule has 4 nitrogen and oxygen atoms in total. The van der Waals surface area contributed by atoms with Crippen molar-refractivity contribution in [2.24, 2.45) is 0 Å². The summed E-state index contributed by atoms with van der Waals surface area (Å²) in [6.45, 7) is 0.888. The third-order valence-corrected chi connectivity index (χ3v) is 4.85. The van der Waals surface area contributed by atoms with Gasteiger partial charge in [0.25, 0.3) is 0 Å². The molecule has 2 atom stereocenters. The summed E-state index contributed by atoms with van der Waals surface area (Å²) in [7, 11) is 1.93. The predicted molar refractivity (Wildman–Crippen MR) is 75.4 cm³/mol. The van der Waals surface area contributed by atoms with Crippen molar-refractivity contribution in [3.05, 3.63) is 34.9 Å². The summed E-state index contributed by atoms with van der Waals surface area (Å²) in [5.74, 6) is 0. The number of alkyl halides is 3. The summed E-state index contributed by atoms with van der Waals surface area (Å²) in [5, 5.41) is 20.0. The van der Waals surface area contributed by atoms with Crippen molar-refractivity contribution in [2.75, 3.05) is 20.3 Å². The third kappa shape index (κ3) is 2.94. The van der Waals surface area contributed by atoms with Gasteiger partial charge in [-0.25, -0.2) is 0 Å². The predicted octanol–water partition coefficient (Wildman–Crippen LogP) is 2.26. The fraction of sp³-hybridized carbons (Fsp3) is 0.562. The number of ether oxygens (including phenoxy) is 1. The summed E-state index contributed by atoms with van der Waals surface area (Å²) < 4.78 is 44.6. The van der Waals surface area contributed by atoms with Crippen LogP contribution in [0.1, 0.15) is 29.5 Å². The lowest BCUT2D eigenvalue weighted by atomic mass is 9.76. The lowest BCUT2D eigenvalue weighted by Crippen LogP contribution is -2.59. The van der Waals surface area contributed by atoms with E-state index in [9.17, 15) is 18.3 Å². The van der Waals surface area contributed by atoms with E-state index < -0.39 is 17.3 Å². The van der Waals surface area contributed by atoms with Crippen LogP contribution in [-0.4, -0.2) is 42.4 Å². The van der Waals surface area contributed by atoms with Gasteiger partial charge in [-0.1, -0.05) is 0 Å². The molecule has 0 amide bonds. The Morgan fingerprint density at radius 1 is 1.26 bits per heavy atom. The highest BCUT2D eigenvalue weighted by Gasteiger charge is 2.46. The number of fused-ring (bicyclic) bond motifs is 2. The zero-order chi connectivity index (χ0) is 16.8. The zero-order valence-electron chi connectivity index (χ0n) is 12.6. The molecule has 23 heavy (non-hydrogen) atoms. The number of nitrogens with zero attached hydrogens (tertiary/aromatic N) is 2. The maximum Gasteiger partial charge on any atom is 0.416 e. The fourth-order valence-corrected chi connectivity index (χ4v) is 3.50. The minimum absolute atomic E-state index is 0.0485. The number of piperidine rings is 1. The molecule has 2 saturated heterocycles. The number of hydrogen-bond acceptors (Lipinski definition) is 4. The van der Waals surface area contributed by atoms with E-state index in [1.165, 1.54) is 6.07 Å². The Morgan fingerprint density at radius 2 is 1.87 bits per heavy atom. The van der Waals surface area contributed by atoms with Crippen LogP contribution in [0, 0.1) is 11.3 Å². The standard InChI is InChI=1S/C16H17F3N2O2/c1-21-13-5-15(22,6-14(21)9-23-8-13)11-2-10(7-20)3-12(4-11)16(17,18)19/h2-4,13-14,22H,5-6,8-9H2,1H3. The van der Waals surface area contributed by atoms with Crippen LogP contribution >= 0.6 is 0 Å². The highest BCUT2D eigenvalue weighted by Crippen LogP contribution is 2.42. The highest BCUT2D eigenvalue weighted by molar-refractivity contribution is 5.41. The zero-order valence-corrected chi connectivity index (χ0v) is 12.6. The lowest BCUT2D eigenvalue weighted by Gasteiger charge is -2.50. The SMILES string of the molecule is CN1C2COCC1CC(O)(c1cc(C#N)cc(C(F)(F)F)c1)C2. The van der Waals surface area contributed by atoms with Gasteiger partial charge in [0.1, 0.15) is 0 Å². The van der Waals surface area contributed by atoms with Gasteiger partial charge in [-0.15, -0.1) is 0 Å². The fourth-order valence-electron chi connectivity index (χ4n) is 3.50. The third-order valence-electron chi connectivity index (χ3n) is 4.85.